The molecule has 0 aromatic heterocycles. The summed E-state index contributed by atoms with van der Waals surface area (Å²) in [6.07, 6.45) is 17.1. The molecule has 0 nitrogen and oxygen atoms in total. The number of hydrogen-bond acceptors (Lipinski definition) is 0. The molecule has 0 bridgehead atoms. The van der Waals surface area contributed by atoms with Crippen LogP contribution in [0.3, 0.4) is 0 Å². The van der Waals surface area contributed by atoms with Gasteiger partial charge >= 0.3 is 0 Å². The van der Waals surface area contributed by atoms with Crippen LogP contribution in [0.25, 0.3) is 0 Å². The van der Waals surface area contributed by atoms with Crippen molar-refractivity contribution in [1.82, 2.24) is 0 Å². The number of aryl methyl sites for hydroxylation is 1. The fraction of sp³-hybridized carbons (Fsp3) is 0.545. The van der Waals surface area contributed by atoms with E-state index in [-0.39, 0.29) is 0 Å². The fourth-order valence-electron chi connectivity index (χ4n) is 3.74. The number of allylic oxidation sites excluding steroid dienone is 2. The van der Waals surface area contributed by atoms with Crippen LogP contribution >= 0.6 is 0 Å². The first kappa shape index (κ1) is 17.1. The minimum absolute atomic E-state index is 0.804. The van der Waals surface area contributed by atoms with E-state index in [1.807, 2.05) is 6.08 Å². The zero-order valence-electron chi connectivity index (χ0n) is 14.1. The minimum atomic E-state index is 0.804. The van der Waals surface area contributed by atoms with Crippen molar-refractivity contribution in [1.29, 1.82) is 0 Å². The number of hydrogen-bond donors (Lipinski definition) is 0. The van der Waals surface area contributed by atoms with Crippen molar-refractivity contribution in [3.05, 3.63) is 60.7 Å². The van der Waals surface area contributed by atoms with Gasteiger partial charge in [-0.05, 0) is 80.8 Å². The second kappa shape index (κ2) is 9.66. The van der Waals surface area contributed by atoms with E-state index in [1.54, 1.807) is 5.56 Å². The topological polar surface area (TPSA) is 0 Å². The van der Waals surface area contributed by atoms with Crippen LogP contribution < -0.4 is 0 Å². The van der Waals surface area contributed by atoms with E-state index >= 15 is 0 Å². The zero-order valence-corrected chi connectivity index (χ0v) is 14.1. The third kappa shape index (κ3) is 5.48. The lowest BCUT2D eigenvalue weighted by molar-refractivity contribution is 0.305. The Morgan fingerprint density at radius 3 is 2.14 bits per heavy atom. The average Bonchev–Trinajstić information content (AvgIpc) is 2.57. The van der Waals surface area contributed by atoms with Gasteiger partial charge in [-0.25, -0.2) is 0 Å². The van der Waals surface area contributed by atoms with E-state index in [2.05, 4.69) is 43.5 Å². The Balaban J connectivity index is 1.76. The molecule has 1 fully saturated rings. The Morgan fingerprint density at radius 1 is 0.864 bits per heavy atom. The Labute approximate surface area is 137 Å². The van der Waals surface area contributed by atoms with Crippen LogP contribution in [0.1, 0.15) is 74.8 Å². The predicted octanol–water partition coefficient (Wildman–Crippen LogP) is 6.83. The number of unbranched alkanes of at least 4 members (excludes halogenated alkanes) is 2. The van der Waals surface area contributed by atoms with Gasteiger partial charge in [-0.2, -0.15) is 0 Å². The van der Waals surface area contributed by atoms with Crippen molar-refractivity contribution in [3.63, 3.8) is 0 Å². The average molecular weight is 296 g/mol. The van der Waals surface area contributed by atoms with E-state index in [0.29, 0.717) is 0 Å². The van der Waals surface area contributed by atoms with Crippen LogP contribution in [0.4, 0.5) is 0 Å². The third-order valence-corrected chi connectivity index (χ3v) is 5.19. The molecule has 0 aliphatic heterocycles. The van der Waals surface area contributed by atoms with Gasteiger partial charge in [-0.3, -0.25) is 0 Å². The highest BCUT2D eigenvalue weighted by atomic mass is 14.3. The monoisotopic (exact) mass is 296 g/mol. The molecule has 0 amide bonds. The van der Waals surface area contributed by atoms with Gasteiger partial charge in [0.2, 0.25) is 0 Å². The van der Waals surface area contributed by atoms with Crippen LogP contribution in [-0.2, 0) is 6.42 Å². The van der Waals surface area contributed by atoms with Crippen molar-refractivity contribution in [2.24, 2.45) is 5.92 Å². The lowest BCUT2D eigenvalue weighted by Gasteiger charge is -2.29. The van der Waals surface area contributed by atoms with Crippen LogP contribution in [0.2, 0.25) is 0 Å². The fourth-order valence-corrected chi connectivity index (χ4v) is 3.74. The molecule has 0 N–H and O–H groups in total. The van der Waals surface area contributed by atoms with Gasteiger partial charge < -0.3 is 0 Å². The molecule has 1 aliphatic carbocycles. The summed E-state index contributed by atoms with van der Waals surface area (Å²) >= 11 is 0. The maximum absolute atomic E-state index is 3.82. The van der Waals surface area contributed by atoms with Gasteiger partial charge in [0, 0.05) is 0 Å². The molecule has 0 saturated heterocycles. The van der Waals surface area contributed by atoms with Gasteiger partial charge in [-0.1, -0.05) is 42.8 Å². The van der Waals surface area contributed by atoms with E-state index in [1.165, 1.54) is 63.4 Å². The summed E-state index contributed by atoms with van der Waals surface area (Å²) in [5.74, 6) is 1.77. The Bertz CT molecular complexity index is 432. The van der Waals surface area contributed by atoms with Crippen molar-refractivity contribution < 1.29 is 0 Å². The van der Waals surface area contributed by atoms with E-state index < -0.39 is 0 Å². The quantitative estimate of drug-likeness (QED) is 0.346. The van der Waals surface area contributed by atoms with Gasteiger partial charge in [0.25, 0.3) is 0 Å². The highest BCUT2D eigenvalue weighted by Crippen LogP contribution is 2.37. The molecule has 22 heavy (non-hydrogen) atoms. The Kier molecular flexibility index (Phi) is 7.49. The van der Waals surface area contributed by atoms with Crippen molar-refractivity contribution >= 4 is 0 Å². The normalized spacial score (nSPS) is 21.5. The molecule has 0 spiro atoms. The minimum Gasteiger partial charge on any atom is -0.103 e. The van der Waals surface area contributed by atoms with Gasteiger partial charge in [0.15, 0.2) is 0 Å². The summed E-state index contributed by atoms with van der Waals surface area (Å²) in [6.45, 7) is 7.61. The first-order valence-corrected chi connectivity index (χ1v) is 9.14. The molecular formula is C22H32. The van der Waals surface area contributed by atoms with E-state index in [9.17, 15) is 0 Å². The summed E-state index contributed by atoms with van der Waals surface area (Å²) < 4.78 is 0. The van der Waals surface area contributed by atoms with Gasteiger partial charge in [0.05, 0.1) is 0 Å². The van der Waals surface area contributed by atoms with Crippen LogP contribution in [0.15, 0.2) is 49.6 Å². The lowest BCUT2D eigenvalue weighted by Crippen LogP contribution is -2.13. The summed E-state index contributed by atoms with van der Waals surface area (Å²) in [5.41, 5.74) is 3.04. The number of rotatable bonds is 9. The highest BCUT2D eigenvalue weighted by Gasteiger charge is 2.21. The molecule has 1 aromatic carbocycles. The molecule has 1 aromatic rings. The molecule has 0 atom stereocenters. The van der Waals surface area contributed by atoms with Crippen LogP contribution in [-0.4, -0.2) is 0 Å². The largest absolute Gasteiger partial charge is 0.103 e. The first-order valence-electron chi connectivity index (χ1n) is 9.14. The van der Waals surface area contributed by atoms with Gasteiger partial charge in [0.1, 0.15) is 0 Å². The van der Waals surface area contributed by atoms with Crippen molar-refractivity contribution in [2.45, 2.75) is 70.1 Å². The zero-order chi connectivity index (χ0) is 15.6. The van der Waals surface area contributed by atoms with Gasteiger partial charge in [-0.15, -0.1) is 13.2 Å². The van der Waals surface area contributed by atoms with E-state index in [4.69, 9.17) is 0 Å². The molecule has 0 unspecified atom stereocenters. The number of benzene rings is 1. The Morgan fingerprint density at radius 2 is 1.50 bits per heavy atom. The molecule has 120 valence electrons. The van der Waals surface area contributed by atoms with Crippen LogP contribution in [0.5, 0.6) is 0 Å². The molecule has 0 heterocycles. The van der Waals surface area contributed by atoms with E-state index in [0.717, 1.165) is 18.3 Å². The standard InChI is InChI=1S/C22H32/c1-3-5-7-9-19-11-15-21(16-12-19)22-17-13-20(14-18-22)10-8-6-4-2/h3-4,11-12,15-16,20,22H,1-2,5-10,13-14,17-18H2. The molecule has 1 saturated carbocycles. The Hall–Kier alpha value is -1.30. The molecule has 0 radical (unpaired) electrons. The second-order valence-corrected chi connectivity index (χ2v) is 6.86. The van der Waals surface area contributed by atoms with Crippen molar-refractivity contribution in [3.8, 4) is 0 Å². The third-order valence-electron chi connectivity index (χ3n) is 5.19. The van der Waals surface area contributed by atoms with Crippen molar-refractivity contribution in [2.75, 3.05) is 0 Å². The summed E-state index contributed by atoms with van der Waals surface area (Å²) in [5, 5.41) is 0. The summed E-state index contributed by atoms with van der Waals surface area (Å²) in [6, 6.07) is 9.45. The second-order valence-electron chi connectivity index (χ2n) is 6.86. The SMILES string of the molecule is C=CCCCc1ccc(C2CCC(CCCC=C)CC2)cc1. The van der Waals surface area contributed by atoms with Crippen LogP contribution in [0, 0.1) is 5.92 Å². The summed E-state index contributed by atoms with van der Waals surface area (Å²) in [4.78, 5) is 0. The maximum Gasteiger partial charge on any atom is -0.0162 e. The summed E-state index contributed by atoms with van der Waals surface area (Å²) in [7, 11) is 0. The first-order chi connectivity index (χ1) is 10.8. The molecule has 1 aliphatic rings. The molecular weight excluding hydrogens is 264 g/mol. The smallest absolute Gasteiger partial charge is 0.0162 e. The predicted molar refractivity (Wildman–Crippen MR) is 98.3 cm³/mol. The highest BCUT2D eigenvalue weighted by molar-refractivity contribution is 5.26. The molecule has 0 heteroatoms. The molecule has 2 rings (SSSR count). The maximum atomic E-state index is 3.82. The lowest BCUT2D eigenvalue weighted by atomic mass is 9.77.